The minimum Gasteiger partial charge on any atom is -0.368 e. The van der Waals surface area contributed by atoms with Crippen LogP contribution in [0, 0.1) is 6.92 Å². The molecule has 1 aromatic heterocycles. The summed E-state index contributed by atoms with van der Waals surface area (Å²) in [7, 11) is 0. The molecule has 1 aliphatic rings. The number of rotatable bonds is 5. The fourth-order valence-electron chi connectivity index (χ4n) is 2.13. The number of hydrogen-bond acceptors (Lipinski definition) is 4. The molecule has 1 N–H and O–H groups in total. The third-order valence-corrected chi connectivity index (χ3v) is 5.51. The van der Waals surface area contributed by atoms with E-state index in [2.05, 4.69) is 21.5 Å². The fraction of sp³-hybridized carbons (Fsp3) is 0.692. The zero-order valence-corrected chi connectivity index (χ0v) is 12.8. The van der Waals surface area contributed by atoms with Crippen molar-refractivity contribution >= 4 is 29.2 Å². The van der Waals surface area contributed by atoms with Crippen LogP contribution in [0.3, 0.4) is 0 Å². The topological polar surface area (TPSA) is 37.8 Å². The van der Waals surface area contributed by atoms with E-state index in [-0.39, 0.29) is 0 Å². The van der Waals surface area contributed by atoms with E-state index in [0.717, 1.165) is 30.2 Å². The van der Waals surface area contributed by atoms with Gasteiger partial charge in [0.15, 0.2) is 0 Å². The quantitative estimate of drug-likeness (QED) is 0.837. The van der Waals surface area contributed by atoms with Crippen LogP contribution >= 0.6 is 23.4 Å². The minimum atomic E-state index is 0.399. The fourth-order valence-corrected chi connectivity index (χ4v) is 3.23. The Balaban J connectivity index is 2.11. The Morgan fingerprint density at radius 3 is 2.61 bits per heavy atom. The van der Waals surface area contributed by atoms with E-state index in [4.69, 9.17) is 11.6 Å². The molecule has 100 valence electrons. The maximum atomic E-state index is 6.13. The molecule has 0 aliphatic heterocycles. The zero-order chi connectivity index (χ0) is 13.2. The van der Waals surface area contributed by atoms with Gasteiger partial charge in [-0.3, -0.25) is 0 Å². The van der Waals surface area contributed by atoms with Crippen LogP contribution in [-0.2, 0) is 6.42 Å². The van der Waals surface area contributed by atoms with Crippen molar-refractivity contribution in [1.82, 2.24) is 9.97 Å². The summed E-state index contributed by atoms with van der Waals surface area (Å²) < 4.78 is 0.399. The second-order valence-corrected chi connectivity index (χ2v) is 6.48. The standard InChI is InChI=1S/C13H20ClN3S/c1-4-10-16-11(14)9(2)12(17-10)15-8-13(18-3)6-5-7-13/h4-8H2,1-3H3,(H,15,16,17). The Hall–Kier alpha value is -0.480. The number of hydrogen-bond donors (Lipinski definition) is 1. The summed E-state index contributed by atoms with van der Waals surface area (Å²) in [5.74, 6) is 1.70. The highest BCUT2D eigenvalue weighted by Crippen LogP contribution is 2.42. The first-order valence-electron chi connectivity index (χ1n) is 6.42. The third-order valence-electron chi connectivity index (χ3n) is 3.72. The molecular weight excluding hydrogens is 266 g/mol. The van der Waals surface area contributed by atoms with Crippen LogP contribution in [0.2, 0.25) is 5.15 Å². The van der Waals surface area contributed by atoms with Gasteiger partial charge >= 0.3 is 0 Å². The van der Waals surface area contributed by atoms with Crippen molar-refractivity contribution in [3.63, 3.8) is 0 Å². The van der Waals surface area contributed by atoms with Crippen molar-refractivity contribution < 1.29 is 0 Å². The SMILES string of the molecule is CCc1nc(Cl)c(C)c(NCC2(SC)CCC2)n1. The van der Waals surface area contributed by atoms with Crippen LogP contribution in [-0.4, -0.2) is 27.5 Å². The summed E-state index contributed by atoms with van der Waals surface area (Å²) in [6.45, 7) is 4.97. The van der Waals surface area contributed by atoms with Gasteiger partial charge in [-0.05, 0) is 26.0 Å². The van der Waals surface area contributed by atoms with Gasteiger partial charge in [-0.15, -0.1) is 0 Å². The lowest BCUT2D eigenvalue weighted by atomic mass is 9.84. The normalized spacial score (nSPS) is 17.3. The lowest BCUT2D eigenvalue weighted by Crippen LogP contribution is -2.40. The molecule has 1 saturated carbocycles. The first-order valence-corrected chi connectivity index (χ1v) is 8.02. The van der Waals surface area contributed by atoms with Crippen LogP contribution in [0.15, 0.2) is 0 Å². The maximum absolute atomic E-state index is 6.13. The first-order chi connectivity index (χ1) is 8.60. The molecule has 0 bridgehead atoms. The van der Waals surface area contributed by atoms with Crippen molar-refractivity contribution in [2.45, 2.75) is 44.3 Å². The average Bonchev–Trinajstić information content (AvgIpc) is 2.33. The van der Waals surface area contributed by atoms with E-state index in [1.165, 1.54) is 19.3 Å². The first kappa shape index (κ1) is 13.9. The van der Waals surface area contributed by atoms with E-state index in [1.807, 2.05) is 25.6 Å². The summed E-state index contributed by atoms with van der Waals surface area (Å²) in [4.78, 5) is 8.79. The number of anilines is 1. The van der Waals surface area contributed by atoms with Gasteiger partial charge < -0.3 is 5.32 Å². The monoisotopic (exact) mass is 285 g/mol. The number of nitrogens with one attached hydrogen (secondary N) is 1. The highest BCUT2D eigenvalue weighted by Gasteiger charge is 2.36. The van der Waals surface area contributed by atoms with Gasteiger partial charge in [0.1, 0.15) is 16.8 Å². The Kier molecular flexibility index (Phi) is 4.38. The van der Waals surface area contributed by atoms with Crippen LogP contribution in [0.1, 0.15) is 37.6 Å². The summed E-state index contributed by atoms with van der Waals surface area (Å²) in [5.41, 5.74) is 0.949. The Morgan fingerprint density at radius 2 is 2.11 bits per heavy atom. The number of aromatic nitrogens is 2. The molecule has 1 aliphatic carbocycles. The Bertz CT molecular complexity index is 427. The summed E-state index contributed by atoms with van der Waals surface area (Å²) in [5, 5.41) is 4.03. The number of nitrogens with zero attached hydrogens (tertiary/aromatic N) is 2. The highest BCUT2D eigenvalue weighted by molar-refractivity contribution is 8.00. The second kappa shape index (κ2) is 5.66. The summed E-state index contributed by atoms with van der Waals surface area (Å²) in [6.07, 6.45) is 6.92. The Morgan fingerprint density at radius 1 is 1.39 bits per heavy atom. The number of thioether (sulfide) groups is 1. The molecular formula is C13H20ClN3S. The van der Waals surface area contributed by atoms with Gasteiger partial charge in [-0.2, -0.15) is 11.8 Å². The largest absolute Gasteiger partial charge is 0.368 e. The maximum Gasteiger partial charge on any atom is 0.137 e. The van der Waals surface area contributed by atoms with E-state index >= 15 is 0 Å². The smallest absolute Gasteiger partial charge is 0.137 e. The molecule has 18 heavy (non-hydrogen) atoms. The lowest BCUT2D eigenvalue weighted by molar-refractivity contribution is 0.379. The molecule has 1 heterocycles. The molecule has 0 saturated heterocycles. The number of halogens is 1. The van der Waals surface area contributed by atoms with Gasteiger partial charge in [-0.1, -0.05) is 24.9 Å². The molecule has 0 spiro atoms. The average molecular weight is 286 g/mol. The van der Waals surface area contributed by atoms with Crippen molar-refractivity contribution in [3.8, 4) is 0 Å². The molecule has 2 rings (SSSR count). The van der Waals surface area contributed by atoms with Gasteiger partial charge in [0.25, 0.3) is 0 Å². The molecule has 0 radical (unpaired) electrons. The van der Waals surface area contributed by atoms with Crippen molar-refractivity contribution in [2.24, 2.45) is 0 Å². The molecule has 0 amide bonds. The van der Waals surface area contributed by atoms with Crippen LogP contribution in [0.5, 0.6) is 0 Å². The zero-order valence-electron chi connectivity index (χ0n) is 11.2. The van der Waals surface area contributed by atoms with Crippen molar-refractivity contribution in [3.05, 3.63) is 16.5 Å². The summed E-state index contributed by atoms with van der Waals surface area (Å²) in [6, 6.07) is 0. The Labute approximate surface area is 118 Å². The number of aryl methyl sites for hydroxylation is 1. The molecule has 0 aromatic carbocycles. The molecule has 1 aromatic rings. The van der Waals surface area contributed by atoms with E-state index in [0.29, 0.717) is 9.90 Å². The van der Waals surface area contributed by atoms with E-state index in [9.17, 15) is 0 Å². The van der Waals surface area contributed by atoms with Gasteiger partial charge in [0, 0.05) is 23.3 Å². The third kappa shape index (κ3) is 2.75. The lowest BCUT2D eigenvalue weighted by Gasteiger charge is -2.40. The minimum absolute atomic E-state index is 0.399. The second-order valence-electron chi connectivity index (χ2n) is 4.85. The van der Waals surface area contributed by atoms with Crippen LogP contribution < -0.4 is 5.32 Å². The molecule has 1 fully saturated rings. The predicted octanol–water partition coefficient (Wildman–Crippen LogP) is 3.70. The van der Waals surface area contributed by atoms with E-state index in [1.54, 1.807) is 0 Å². The van der Waals surface area contributed by atoms with E-state index < -0.39 is 0 Å². The van der Waals surface area contributed by atoms with Crippen molar-refractivity contribution in [2.75, 3.05) is 18.1 Å². The highest BCUT2D eigenvalue weighted by atomic mass is 35.5. The van der Waals surface area contributed by atoms with Gasteiger partial charge in [0.2, 0.25) is 0 Å². The van der Waals surface area contributed by atoms with Crippen molar-refractivity contribution in [1.29, 1.82) is 0 Å². The van der Waals surface area contributed by atoms with Crippen LogP contribution in [0.4, 0.5) is 5.82 Å². The molecule has 3 nitrogen and oxygen atoms in total. The summed E-state index contributed by atoms with van der Waals surface area (Å²) >= 11 is 8.09. The predicted molar refractivity (Wildman–Crippen MR) is 79.7 cm³/mol. The molecule has 0 unspecified atom stereocenters. The van der Waals surface area contributed by atoms with Gasteiger partial charge in [-0.25, -0.2) is 9.97 Å². The van der Waals surface area contributed by atoms with Gasteiger partial charge in [0.05, 0.1) is 0 Å². The van der Waals surface area contributed by atoms with Crippen LogP contribution in [0.25, 0.3) is 0 Å². The molecule has 0 atom stereocenters. The molecule has 5 heteroatoms.